The molecule has 6 nitrogen and oxygen atoms in total. The quantitative estimate of drug-likeness (QED) is 0.778. The van der Waals surface area contributed by atoms with Crippen LogP contribution in [0, 0.1) is 6.92 Å². The van der Waals surface area contributed by atoms with Gasteiger partial charge in [-0.15, -0.1) is 0 Å². The minimum absolute atomic E-state index is 0.0586. The largest absolute Gasteiger partial charge is 0.468 e. The van der Waals surface area contributed by atoms with Crippen molar-refractivity contribution >= 4 is 11.7 Å². The molecule has 2 aromatic heterocycles. The molecule has 0 spiro atoms. The number of ketones is 1. The highest BCUT2D eigenvalue weighted by Gasteiger charge is 2.28. The third-order valence-electron chi connectivity index (χ3n) is 3.69. The molecule has 1 N–H and O–H groups in total. The maximum absolute atomic E-state index is 12.5. The predicted octanol–water partition coefficient (Wildman–Crippen LogP) is 3.35. The Hall–Kier alpha value is -2.97. The lowest BCUT2D eigenvalue weighted by atomic mass is 10.1. The molecule has 0 aliphatic heterocycles. The second-order valence-electron chi connectivity index (χ2n) is 6.40. The molecule has 0 fully saturated rings. The van der Waals surface area contributed by atoms with E-state index >= 15 is 0 Å². The van der Waals surface area contributed by atoms with Gasteiger partial charge in [0.1, 0.15) is 5.78 Å². The Morgan fingerprint density at radius 2 is 1.96 bits per heavy atom. The first-order valence-corrected chi connectivity index (χ1v) is 8.47. The molecule has 0 aliphatic rings. The van der Waals surface area contributed by atoms with E-state index in [1.54, 1.807) is 26.0 Å². The summed E-state index contributed by atoms with van der Waals surface area (Å²) in [5, 5.41) is 2.78. The zero-order chi connectivity index (χ0) is 20.9. The Labute approximate surface area is 160 Å². The van der Waals surface area contributed by atoms with E-state index in [9.17, 15) is 22.8 Å². The van der Waals surface area contributed by atoms with Crippen molar-refractivity contribution in [2.24, 2.45) is 0 Å². The second-order valence-corrected chi connectivity index (χ2v) is 6.40. The summed E-state index contributed by atoms with van der Waals surface area (Å²) in [6.45, 7) is 3.47. The summed E-state index contributed by atoms with van der Waals surface area (Å²) >= 11 is 0. The number of Topliss-reactive ketones (excluding diaryl/α,β-unsaturated/α-hetero) is 1. The summed E-state index contributed by atoms with van der Waals surface area (Å²) in [5.74, 6) is -0.574. The van der Waals surface area contributed by atoms with Crippen LogP contribution in [0.3, 0.4) is 0 Å². The molecule has 9 heteroatoms. The van der Waals surface area contributed by atoms with Crippen LogP contribution in [0.1, 0.15) is 47.2 Å². The van der Waals surface area contributed by atoms with Crippen molar-refractivity contribution in [2.75, 3.05) is 6.61 Å². The average Bonchev–Trinajstić information content (AvgIpc) is 2.58. The van der Waals surface area contributed by atoms with Crippen molar-refractivity contribution in [1.82, 2.24) is 15.3 Å². The molecule has 1 atom stereocenters. The van der Waals surface area contributed by atoms with Gasteiger partial charge in [0, 0.05) is 35.6 Å². The Morgan fingerprint density at radius 1 is 1.25 bits per heavy atom. The van der Waals surface area contributed by atoms with E-state index in [-0.39, 0.29) is 24.0 Å². The third-order valence-corrected chi connectivity index (χ3v) is 3.69. The number of nitrogens with zero attached hydrogens (tertiary/aromatic N) is 2. The fraction of sp³-hybridized carbons (Fsp3) is 0.368. The number of nitrogens with one attached hydrogen (secondary N) is 1. The molecule has 2 rings (SSSR count). The zero-order valence-corrected chi connectivity index (χ0v) is 15.6. The first-order valence-electron chi connectivity index (χ1n) is 8.47. The normalized spacial score (nSPS) is 12.4. The van der Waals surface area contributed by atoms with Crippen LogP contribution in [-0.4, -0.2) is 34.4 Å². The van der Waals surface area contributed by atoms with Gasteiger partial charge in [0.2, 0.25) is 5.88 Å². The molecule has 2 heterocycles. The van der Waals surface area contributed by atoms with E-state index in [1.807, 2.05) is 0 Å². The third kappa shape index (κ3) is 6.64. The van der Waals surface area contributed by atoms with Crippen molar-refractivity contribution in [3.05, 3.63) is 53.0 Å². The molecule has 1 amide bonds. The van der Waals surface area contributed by atoms with Crippen molar-refractivity contribution in [3.63, 3.8) is 0 Å². The molecule has 28 heavy (non-hydrogen) atoms. The summed E-state index contributed by atoms with van der Waals surface area (Å²) in [7, 11) is 0. The molecule has 0 saturated heterocycles. The number of hydrogen-bond acceptors (Lipinski definition) is 5. The molecular formula is C19H20F3N3O3. The summed E-state index contributed by atoms with van der Waals surface area (Å²) in [5.41, 5.74) is 2.10. The van der Waals surface area contributed by atoms with Gasteiger partial charge in [-0.25, -0.2) is 4.98 Å². The number of aromatic nitrogens is 2. The van der Waals surface area contributed by atoms with Crippen molar-refractivity contribution in [1.29, 1.82) is 0 Å². The summed E-state index contributed by atoms with van der Waals surface area (Å²) in [4.78, 5) is 31.8. The molecule has 0 bridgehead atoms. The molecule has 2 aromatic rings. The van der Waals surface area contributed by atoms with Gasteiger partial charge in [0.05, 0.1) is 6.04 Å². The van der Waals surface area contributed by atoms with Crippen LogP contribution in [0.15, 0.2) is 30.5 Å². The molecule has 150 valence electrons. The number of carbonyl (C=O) groups is 2. The van der Waals surface area contributed by atoms with Crippen LogP contribution in [0.4, 0.5) is 13.2 Å². The molecule has 1 unspecified atom stereocenters. The standard InChI is InChI=1S/C19H20F3N3O3/c1-11-6-15(8-16(24-11)7-12(2)26)18(27)25-13(3)14-4-5-17(23-9-14)28-10-19(20,21)22/h4-6,8-9,13H,7,10H2,1-3H3,(H,25,27). The Morgan fingerprint density at radius 3 is 2.54 bits per heavy atom. The topological polar surface area (TPSA) is 81.2 Å². The molecule has 0 aliphatic carbocycles. The smallest absolute Gasteiger partial charge is 0.422 e. The van der Waals surface area contributed by atoms with Crippen molar-refractivity contribution in [3.8, 4) is 5.88 Å². The maximum Gasteiger partial charge on any atom is 0.422 e. The summed E-state index contributed by atoms with van der Waals surface area (Å²) in [6.07, 6.45) is -2.96. The highest BCUT2D eigenvalue weighted by atomic mass is 19.4. The van der Waals surface area contributed by atoms with E-state index in [0.717, 1.165) is 0 Å². The molecule has 0 radical (unpaired) electrons. The van der Waals surface area contributed by atoms with E-state index < -0.39 is 18.8 Å². The van der Waals surface area contributed by atoms with Crippen LogP contribution in [-0.2, 0) is 11.2 Å². The second kappa shape index (κ2) is 8.81. The highest BCUT2D eigenvalue weighted by Crippen LogP contribution is 2.19. The molecule has 0 saturated carbocycles. The van der Waals surface area contributed by atoms with E-state index in [4.69, 9.17) is 0 Å². The van der Waals surface area contributed by atoms with Crippen molar-refractivity contribution < 1.29 is 27.5 Å². The fourth-order valence-corrected chi connectivity index (χ4v) is 2.47. The van der Waals surface area contributed by atoms with Crippen LogP contribution >= 0.6 is 0 Å². The van der Waals surface area contributed by atoms with Gasteiger partial charge >= 0.3 is 6.18 Å². The summed E-state index contributed by atoms with van der Waals surface area (Å²) in [6, 6.07) is 5.57. The Kier molecular flexibility index (Phi) is 6.71. The molecular weight excluding hydrogens is 375 g/mol. The number of aryl methyl sites for hydroxylation is 1. The summed E-state index contributed by atoms with van der Waals surface area (Å²) < 4.78 is 41.0. The van der Waals surface area contributed by atoms with Crippen LogP contribution in [0.5, 0.6) is 5.88 Å². The predicted molar refractivity (Wildman–Crippen MR) is 95.0 cm³/mol. The first kappa shape index (κ1) is 21.3. The van der Waals surface area contributed by atoms with Crippen LogP contribution in [0.2, 0.25) is 0 Å². The maximum atomic E-state index is 12.5. The molecule has 0 aromatic carbocycles. The number of pyridine rings is 2. The van der Waals surface area contributed by atoms with Crippen LogP contribution in [0.25, 0.3) is 0 Å². The number of carbonyl (C=O) groups excluding carboxylic acids is 2. The lowest BCUT2D eigenvalue weighted by molar-refractivity contribution is -0.154. The number of ether oxygens (including phenoxy) is 1. The number of hydrogen-bond donors (Lipinski definition) is 1. The van der Waals surface area contributed by atoms with Crippen LogP contribution < -0.4 is 10.1 Å². The van der Waals surface area contributed by atoms with Gasteiger partial charge in [-0.1, -0.05) is 6.07 Å². The number of rotatable bonds is 7. The van der Waals surface area contributed by atoms with Gasteiger partial charge in [0.25, 0.3) is 5.91 Å². The average molecular weight is 395 g/mol. The van der Waals surface area contributed by atoms with E-state index in [1.165, 1.54) is 25.3 Å². The van der Waals surface area contributed by atoms with Gasteiger partial charge in [-0.3, -0.25) is 14.6 Å². The van der Waals surface area contributed by atoms with E-state index in [2.05, 4.69) is 20.0 Å². The zero-order valence-electron chi connectivity index (χ0n) is 15.6. The minimum Gasteiger partial charge on any atom is -0.468 e. The Balaban J connectivity index is 2.04. The SMILES string of the molecule is CC(=O)Cc1cc(C(=O)NC(C)c2ccc(OCC(F)(F)F)nc2)cc(C)n1. The van der Waals surface area contributed by atoms with Gasteiger partial charge in [0.15, 0.2) is 6.61 Å². The number of alkyl halides is 3. The lowest BCUT2D eigenvalue weighted by Crippen LogP contribution is -2.27. The van der Waals surface area contributed by atoms with Gasteiger partial charge < -0.3 is 10.1 Å². The minimum atomic E-state index is -4.44. The first-order chi connectivity index (χ1) is 13.0. The highest BCUT2D eigenvalue weighted by molar-refractivity contribution is 5.94. The number of amides is 1. The van der Waals surface area contributed by atoms with Gasteiger partial charge in [-0.05, 0) is 38.5 Å². The fourth-order valence-electron chi connectivity index (χ4n) is 2.47. The number of halogens is 3. The van der Waals surface area contributed by atoms with Crippen molar-refractivity contribution in [2.45, 2.75) is 39.4 Å². The van der Waals surface area contributed by atoms with Gasteiger partial charge in [-0.2, -0.15) is 13.2 Å². The van der Waals surface area contributed by atoms with E-state index in [0.29, 0.717) is 22.5 Å². The monoisotopic (exact) mass is 395 g/mol. The lowest BCUT2D eigenvalue weighted by Gasteiger charge is -2.15. The Bertz CT molecular complexity index is 852.